The summed E-state index contributed by atoms with van der Waals surface area (Å²) in [6.07, 6.45) is 2.14. The molecule has 0 spiro atoms. The van der Waals surface area contributed by atoms with E-state index < -0.39 is 0 Å². The molecule has 0 amide bonds. The van der Waals surface area contributed by atoms with Crippen LogP contribution in [0.15, 0.2) is 22.7 Å². The Balaban J connectivity index is 2.05. The molecule has 1 aliphatic heterocycles. The minimum absolute atomic E-state index is 0.247. The average Bonchev–Trinajstić information content (AvgIpc) is 2.25. The van der Waals surface area contributed by atoms with Crippen molar-refractivity contribution in [1.29, 1.82) is 0 Å². The van der Waals surface area contributed by atoms with Crippen molar-refractivity contribution in [2.75, 3.05) is 18.9 Å². The van der Waals surface area contributed by atoms with Crippen molar-refractivity contribution >= 4 is 21.6 Å². The lowest BCUT2D eigenvalue weighted by molar-refractivity contribution is 0.0253. The van der Waals surface area contributed by atoms with Crippen LogP contribution in [0.2, 0.25) is 0 Å². The lowest BCUT2D eigenvalue weighted by atomic mass is 10.1. The quantitative estimate of drug-likeness (QED) is 0.841. The van der Waals surface area contributed by atoms with Crippen molar-refractivity contribution in [1.82, 2.24) is 0 Å². The first-order valence-electron chi connectivity index (χ1n) is 5.05. The van der Waals surface area contributed by atoms with Gasteiger partial charge in [-0.15, -0.1) is 0 Å². The Bertz CT molecular complexity index is 337. The molecule has 1 saturated heterocycles. The molecule has 2 rings (SSSR count). The number of rotatable bonds is 2. The second kappa shape index (κ2) is 4.86. The van der Waals surface area contributed by atoms with Crippen molar-refractivity contribution in [2.45, 2.75) is 18.9 Å². The molecule has 1 heterocycles. The third kappa shape index (κ3) is 2.86. The number of ether oxygens (including phenoxy) is 2. The lowest BCUT2D eigenvalue weighted by Crippen LogP contribution is -2.26. The summed E-state index contributed by atoms with van der Waals surface area (Å²) in [7, 11) is 0. The highest BCUT2D eigenvalue weighted by Crippen LogP contribution is 2.29. The van der Waals surface area contributed by atoms with Crippen molar-refractivity contribution in [3.8, 4) is 5.75 Å². The largest absolute Gasteiger partial charge is 0.489 e. The SMILES string of the molecule is Nc1ccc(Br)c(OC2CCOCC2)c1. The molecule has 0 saturated carbocycles. The van der Waals surface area contributed by atoms with E-state index >= 15 is 0 Å². The van der Waals surface area contributed by atoms with Crippen LogP contribution in [-0.2, 0) is 4.74 Å². The van der Waals surface area contributed by atoms with E-state index in [-0.39, 0.29) is 6.10 Å². The van der Waals surface area contributed by atoms with Crippen LogP contribution in [-0.4, -0.2) is 19.3 Å². The number of hydrogen-bond acceptors (Lipinski definition) is 3. The molecule has 3 nitrogen and oxygen atoms in total. The highest BCUT2D eigenvalue weighted by Gasteiger charge is 2.16. The summed E-state index contributed by atoms with van der Waals surface area (Å²) in [5, 5.41) is 0. The zero-order valence-corrected chi connectivity index (χ0v) is 10.00. The minimum atomic E-state index is 0.247. The Kier molecular flexibility index (Phi) is 3.49. The molecule has 0 atom stereocenters. The zero-order chi connectivity index (χ0) is 10.7. The second-order valence-electron chi connectivity index (χ2n) is 3.62. The molecule has 2 N–H and O–H groups in total. The fourth-order valence-electron chi connectivity index (χ4n) is 1.58. The van der Waals surface area contributed by atoms with Gasteiger partial charge in [0.05, 0.1) is 17.7 Å². The predicted molar refractivity (Wildman–Crippen MR) is 63.0 cm³/mol. The fourth-order valence-corrected chi connectivity index (χ4v) is 1.92. The van der Waals surface area contributed by atoms with E-state index in [0.29, 0.717) is 0 Å². The Labute approximate surface area is 97.7 Å². The standard InChI is InChI=1S/C11H14BrNO2/c12-10-2-1-8(13)7-11(10)15-9-3-5-14-6-4-9/h1-2,7,9H,3-6,13H2. The molecule has 82 valence electrons. The van der Waals surface area contributed by atoms with Gasteiger partial charge in [0, 0.05) is 24.6 Å². The third-order valence-corrected chi connectivity index (χ3v) is 3.07. The maximum Gasteiger partial charge on any atom is 0.135 e. The van der Waals surface area contributed by atoms with Crippen LogP contribution in [0, 0.1) is 0 Å². The van der Waals surface area contributed by atoms with Gasteiger partial charge in [-0.05, 0) is 28.1 Å². The zero-order valence-electron chi connectivity index (χ0n) is 8.41. The van der Waals surface area contributed by atoms with Crippen molar-refractivity contribution in [2.24, 2.45) is 0 Å². The number of benzene rings is 1. The summed E-state index contributed by atoms with van der Waals surface area (Å²) in [6.45, 7) is 1.56. The van der Waals surface area contributed by atoms with E-state index in [9.17, 15) is 0 Å². The number of nitrogens with two attached hydrogens (primary N) is 1. The van der Waals surface area contributed by atoms with E-state index in [1.54, 1.807) is 0 Å². The van der Waals surface area contributed by atoms with Crippen molar-refractivity contribution in [3.63, 3.8) is 0 Å². The molecule has 1 fully saturated rings. The number of hydrogen-bond donors (Lipinski definition) is 1. The minimum Gasteiger partial charge on any atom is -0.489 e. The van der Waals surface area contributed by atoms with Gasteiger partial charge in [0.15, 0.2) is 0 Å². The molecule has 1 aliphatic rings. The molecule has 0 unspecified atom stereocenters. The average molecular weight is 272 g/mol. The topological polar surface area (TPSA) is 44.5 Å². The summed E-state index contributed by atoms with van der Waals surface area (Å²) < 4.78 is 12.1. The molecule has 4 heteroatoms. The van der Waals surface area contributed by atoms with Crippen LogP contribution in [0.1, 0.15) is 12.8 Å². The van der Waals surface area contributed by atoms with E-state index in [1.165, 1.54) is 0 Å². The number of anilines is 1. The molecule has 0 radical (unpaired) electrons. The number of halogens is 1. The fraction of sp³-hybridized carbons (Fsp3) is 0.455. The van der Waals surface area contributed by atoms with Gasteiger partial charge >= 0.3 is 0 Å². The first kappa shape index (κ1) is 10.8. The van der Waals surface area contributed by atoms with Gasteiger partial charge in [-0.2, -0.15) is 0 Å². The first-order chi connectivity index (χ1) is 7.25. The molecule has 1 aromatic rings. The summed E-state index contributed by atoms with van der Waals surface area (Å²) in [5.74, 6) is 0.821. The summed E-state index contributed by atoms with van der Waals surface area (Å²) in [4.78, 5) is 0. The molecule has 0 bridgehead atoms. The second-order valence-corrected chi connectivity index (χ2v) is 4.47. The Morgan fingerprint density at radius 2 is 2.07 bits per heavy atom. The highest BCUT2D eigenvalue weighted by molar-refractivity contribution is 9.10. The molecule has 0 aliphatic carbocycles. The van der Waals surface area contributed by atoms with Gasteiger partial charge in [0.2, 0.25) is 0 Å². The first-order valence-corrected chi connectivity index (χ1v) is 5.84. The molecule has 15 heavy (non-hydrogen) atoms. The monoisotopic (exact) mass is 271 g/mol. The third-order valence-electron chi connectivity index (χ3n) is 2.42. The van der Waals surface area contributed by atoms with Gasteiger partial charge in [-0.1, -0.05) is 0 Å². The van der Waals surface area contributed by atoms with Gasteiger partial charge in [0.1, 0.15) is 11.9 Å². The van der Waals surface area contributed by atoms with E-state index in [1.807, 2.05) is 18.2 Å². The van der Waals surface area contributed by atoms with E-state index in [2.05, 4.69) is 15.9 Å². The molecule has 1 aromatic carbocycles. The predicted octanol–water partition coefficient (Wildman–Crippen LogP) is 2.59. The Hall–Kier alpha value is -0.740. The normalized spacial score (nSPS) is 17.7. The van der Waals surface area contributed by atoms with Crippen LogP contribution < -0.4 is 10.5 Å². The maximum atomic E-state index is 5.86. The van der Waals surface area contributed by atoms with Gasteiger partial charge in [-0.3, -0.25) is 0 Å². The van der Waals surface area contributed by atoms with E-state index in [0.717, 1.165) is 42.0 Å². The smallest absolute Gasteiger partial charge is 0.135 e. The van der Waals surface area contributed by atoms with Crippen LogP contribution in [0.25, 0.3) is 0 Å². The van der Waals surface area contributed by atoms with Gasteiger partial charge < -0.3 is 15.2 Å². The number of nitrogen functional groups attached to an aromatic ring is 1. The highest BCUT2D eigenvalue weighted by atomic mass is 79.9. The van der Waals surface area contributed by atoms with Gasteiger partial charge in [-0.25, -0.2) is 0 Å². The van der Waals surface area contributed by atoms with Crippen molar-refractivity contribution in [3.05, 3.63) is 22.7 Å². The lowest BCUT2D eigenvalue weighted by Gasteiger charge is -2.23. The Morgan fingerprint density at radius 1 is 1.33 bits per heavy atom. The maximum absolute atomic E-state index is 5.86. The molecular formula is C11H14BrNO2. The summed E-state index contributed by atoms with van der Waals surface area (Å²) in [6, 6.07) is 5.60. The summed E-state index contributed by atoms with van der Waals surface area (Å²) >= 11 is 3.45. The molecular weight excluding hydrogens is 258 g/mol. The van der Waals surface area contributed by atoms with Crippen LogP contribution >= 0.6 is 15.9 Å². The van der Waals surface area contributed by atoms with Crippen LogP contribution in [0.3, 0.4) is 0 Å². The van der Waals surface area contributed by atoms with Crippen molar-refractivity contribution < 1.29 is 9.47 Å². The summed E-state index contributed by atoms with van der Waals surface area (Å²) in [5.41, 5.74) is 6.43. The van der Waals surface area contributed by atoms with E-state index in [4.69, 9.17) is 15.2 Å². The van der Waals surface area contributed by atoms with Crippen LogP contribution in [0.5, 0.6) is 5.75 Å². The van der Waals surface area contributed by atoms with Crippen LogP contribution in [0.4, 0.5) is 5.69 Å². The van der Waals surface area contributed by atoms with Gasteiger partial charge in [0.25, 0.3) is 0 Å². The molecule has 0 aromatic heterocycles. The Morgan fingerprint density at radius 3 is 2.80 bits per heavy atom.